The maximum atomic E-state index is 5.43. The van der Waals surface area contributed by atoms with E-state index in [-0.39, 0.29) is 11.6 Å². The molecule has 0 saturated heterocycles. The summed E-state index contributed by atoms with van der Waals surface area (Å²) in [6.07, 6.45) is 1.74. The Morgan fingerprint density at radius 1 is 1.18 bits per heavy atom. The van der Waals surface area contributed by atoms with Crippen LogP contribution in [0.1, 0.15) is 0 Å². The number of aromatic amines is 1. The highest BCUT2D eigenvalue weighted by molar-refractivity contribution is 5.75. The van der Waals surface area contributed by atoms with Crippen LogP contribution in [0.4, 0.5) is 11.6 Å². The van der Waals surface area contributed by atoms with E-state index >= 15 is 0 Å². The van der Waals surface area contributed by atoms with Gasteiger partial charge < -0.3 is 16.5 Å². The van der Waals surface area contributed by atoms with Crippen LogP contribution in [-0.4, -0.2) is 15.0 Å². The van der Waals surface area contributed by atoms with Gasteiger partial charge in [0.1, 0.15) is 5.52 Å². The molecule has 0 bridgehead atoms. The van der Waals surface area contributed by atoms with Gasteiger partial charge in [0.15, 0.2) is 17.3 Å². The summed E-state index contributed by atoms with van der Waals surface area (Å²) in [5.74, 6) is 0.539. The number of hydrogen-bond acceptors (Lipinski definition) is 4. The number of nitrogens with two attached hydrogens (primary N) is 2. The van der Waals surface area contributed by atoms with Crippen molar-refractivity contribution < 1.29 is 0 Å². The molecule has 2 heterocycles. The van der Waals surface area contributed by atoms with Gasteiger partial charge in [-0.3, -0.25) is 0 Å². The van der Waals surface area contributed by atoms with E-state index in [1.807, 2.05) is 0 Å². The van der Waals surface area contributed by atoms with Crippen molar-refractivity contribution in [2.45, 2.75) is 0 Å². The fraction of sp³-hybridized carbons (Fsp3) is 0. The van der Waals surface area contributed by atoms with Gasteiger partial charge in [0.25, 0.3) is 0 Å². The fourth-order valence-corrected chi connectivity index (χ4v) is 0.897. The number of aromatic nitrogens is 3. The van der Waals surface area contributed by atoms with Crippen LogP contribution in [0.5, 0.6) is 0 Å². The van der Waals surface area contributed by atoms with E-state index < -0.39 is 0 Å². The number of H-pyrrole nitrogens is 1. The van der Waals surface area contributed by atoms with Crippen molar-refractivity contribution in [3.8, 4) is 0 Å². The van der Waals surface area contributed by atoms with Gasteiger partial charge in [-0.25, -0.2) is 9.97 Å². The topological polar surface area (TPSA) is 93.6 Å². The molecule has 0 atom stereocenters. The van der Waals surface area contributed by atoms with E-state index in [1.165, 1.54) is 0 Å². The third kappa shape index (κ3) is 0.778. The van der Waals surface area contributed by atoms with E-state index in [1.54, 1.807) is 12.3 Å². The van der Waals surface area contributed by atoms with Crippen LogP contribution in [0.3, 0.4) is 0 Å². The minimum atomic E-state index is 0.264. The normalized spacial score (nSPS) is 10.5. The van der Waals surface area contributed by atoms with Crippen LogP contribution in [0.25, 0.3) is 11.2 Å². The van der Waals surface area contributed by atoms with Gasteiger partial charge in [0.2, 0.25) is 0 Å². The summed E-state index contributed by atoms with van der Waals surface area (Å²) in [4.78, 5) is 10.8. The lowest BCUT2D eigenvalue weighted by Gasteiger charge is -1.95. The van der Waals surface area contributed by atoms with E-state index in [4.69, 9.17) is 11.5 Å². The second kappa shape index (κ2) is 1.85. The van der Waals surface area contributed by atoms with Crippen molar-refractivity contribution in [1.29, 1.82) is 0 Å². The molecule has 0 aromatic carbocycles. The summed E-state index contributed by atoms with van der Waals surface area (Å²) < 4.78 is 0. The quantitative estimate of drug-likeness (QED) is 0.496. The average Bonchev–Trinajstić information content (AvgIpc) is 2.36. The summed E-state index contributed by atoms with van der Waals surface area (Å²) in [5, 5.41) is 0. The minimum absolute atomic E-state index is 0.264. The van der Waals surface area contributed by atoms with Crippen molar-refractivity contribution >= 4 is 22.8 Å². The van der Waals surface area contributed by atoms with Crippen molar-refractivity contribution in [2.75, 3.05) is 11.5 Å². The highest BCUT2D eigenvalue weighted by atomic mass is 15.0. The Kier molecular flexibility index (Phi) is 1.00. The van der Waals surface area contributed by atoms with Crippen LogP contribution < -0.4 is 11.5 Å². The SMILES string of the molecule is Nc1nc2cc[nH]c2nc1N. The molecule has 2 rings (SSSR count). The molecule has 2 aromatic rings. The molecule has 5 N–H and O–H groups in total. The van der Waals surface area contributed by atoms with Crippen molar-refractivity contribution in [3.63, 3.8) is 0 Å². The molecule has 5 heteroatoms. The number of hydrogen-bond donors (Lipinski definition) is 3. The molecule has 0 fully saturated rings. The van der Waals surface area contributed by atoms with Crippen LogP contribution in [0.2, 0.25) is 0 Å². The Morgan fingerprint density at radius 3 is 2.73 bits per heavy atom. The Hall–Kier alpha value is -1.78. The number of nitrogens with zero attached hydrogens (tertiary/aromatic N) is 2. The second-order valence-corrected chi connectivity index (χ2v) is 2.21. The van der Waals surface area contributed by atoms with Crippen LogP contribution in [0, 0.1) is 0 Å². The molecule has 0 radical (unpaired) electrons. The summed E-state index contributed by atoms with van der Waals surface area (Å²) >= 11 is 0. The molecule has 0 aliphatic heterocycles. The Labute approximate surface area is 62.4 Å². The predicted octanol–water partition coefficient (Wildman–Crippen LogP) is 0.122. The zero-order chi connectivity index (χ0) is 7.84. The molecule has 0 spiro atoms. The first-order valence-corrected chi connectivity index (χ1v) is 3.13. The van der Waals surface area contributed by atoms with Gasteiger partial charge in [-0.1, -0.05) is 0 Å². The van der Waals surface area contributed by atoms with Crippen LogP contribution >= 0.6 is 0 Å². The van der Waals surface area contributed by atoms with E-state index in [9.17, 15) is 0 Å². The maximum Gasteiger partial charge on any atom is 0.168 e. The molecule has 56 valence electrons. The number of nitrogens with one attached hydrogen (secondary N) is 1. The van der Waals surface area contributed by atoms with Gasteiger partial charge in [-0.2, -0.15) is 0 Å². The smallest absolute Gasteiger partial charge is 0.168 e. The van der Waals surface area contributed by atoms with Crippen molar-refractivity contribution in [3.05, 3.63) is 12.3 Å². The first-order valence-electron chi connectivity index (χ1n) is 3.13. The Bertz CT molecular complexity index is 355. The third-order valence-electron chi connectivity index (χ3n) is 1.44. The largest absolute Gasteiger partial charge is 0.381 e. The average molecular weight is 149 g/mol. The molecule has 5 nitrogen and oxygen atoms in total. The van der Waals surface area contributed by atoms with Gasteiger partial charge in [0, 0.05) is 6.20 Å². The highest BCUT2D eigenvalue weighted by Crippen LogP contribution is 2.13. The number of fused-ring (bicyclic) bond motifs is 1. The zero-order valence-corrected chi connectivity index (χ0v) is 5.70. The lowest BCUT2D eigenvalue weighted by Crippen LogP contribution is -2.00. The second-order valence-electron chi connectivity index (χ2n) is 2.21. The number of anilines is 2. The molecule has 0 saturated carbocycles. The molecule has 11 heavy (non-hydrogen) atoms. The lowest BCUT2D eigenvalue weighted by atomic mass is 10.5. The molecule has 0 aliphatic carbocycles. The Balaban J connectivity index is 2.86. The first-order chi connectivity index (χ1) is 5.27. The van der Waals surface area contributed by atoms with Gasteiger partial charge >= 0.3 is 0 Å². The fourth-order valence-electron chi connectivity index (χ4n) is 0.897. The van der Waals surface area contributed by atoms with Gasteiger partial charge in [-0.05, 0) is 6.07 Å². The van der Waals surface area contributed by atoms with E-state index in [2.05, 4.69) is 15.0 Å². The maximum absolute atomic E-state index is 5.43. The summed E-state index contributed by atoms with van der Waals surface area (Å²) in [6.45, 7) is 0. The molecule has 0 unspecified atom stereocenters. The monoisotopic (exact) mass is 149 g/mol. The Morgan fingerprint density at radius 2 is 1.91 bits per heavy atom. The van der Waals surface area contributed by atoms with Gasteiger partial charge in [-0.15, -0.1) is 0 Å². The minimum Gasteiger partial charge on any atom is -0.381 e. The lowest BCUT2D eigenvalue weighted by molar-refractivity contribution is 1.28. The third-order valence-corrected chi connectivity index (χ3v) is 1.44. The summed E-state index contributed by atoms with van der Waals surface area (Å²) in [7, 11) is 0. The van der Waals surface area contributed by atoms with Crippen molar-refractivity contribution in [2.24, 2.45) is 0 Å². The standard InChI is InChI=1S/C6H7N5/c7-4-5(8)11-6-3(10-4)1-2-9-6/h1-2H,(H2,7,10)(H3,8,9,11). The first kappa shape index (κ1) is 5.96. The zero-order valence-electron chi connectivity index (χ0n) is 5.70. The number of rotatable bonds is 0. The van der Waals surface area contributed by atoms with Gasteiger partial charge in [0.05, 0.1) is 0 Å². The summed E-state index contributed by atoms with van der Waals surface area (Å²) in [6, 6.07) is 1.79. The van der Waals surface area contributed by atoms with E-state index in [0.717, 1.165) is 5.52 Å². The molecular weight excluding hydrogens is 142 g/mol. The molecule has 0 amide bonds. The number of nitrogen functional groups attached to an aromatic ring is 2. The van der Waals surface area contributed by atoms with Crippen LogP contribution in [0.15, 0.2) is 12.3 Å². The highest BCUT2D eigenvalue weighted by Gasteiger charge is 2.01. The van der Waals surface area contributed by atoms with Crippen molar-refractivity contribution in [1.82, 2.24) is 15.0 Å². The molecule has 2 aromatic heterocycles. The van der Waals surface area contributed by atoms with E-state index in [0.29, 0.717) is 5.65 Å². The predicted molar refractivity (Wildman–Crippen MR) is 42.7 cm³/mol. The molecule has 0 aliphatic rings. The summed E-state index contributed by atoms with van der Waals surface area (Å²) in [5.41, 5.74) is 12.3. The van der Waals surface area contributed by atoms with Crippen LogP contribution in [-0.2, 0) is 0 Å². The molecular formula is C6H7N5.